The quantitative estimate of drug-likeness (QED) is 0.813. The van der Waals surface area contributed by atoms with Gasteiger partial charge in [0.2, 0.25) is 0 Å². The lowest BCUT2D eigenvalue weighted by molar-refractivity contribution is -0.119. The number of nitrogens with one attached hydrogen (secondary N) is 1. The maximum Gasteiger partial charge on any atom is 0.405 e. The topological polar surface area (TPSA) is 35.5 Å². The van der Waals surface area contributed by atoms with Crippen molar-refractivity contribution < 1.29 is 18.3 Å². The van der Waals surface area contributed by atoms with Crippen LogP contribution < -0.4 is 10.2 Å². The number of halogens is 3. The summed E-state index contributed by atoms with van der Waals surface area (Å²) in [4.78, 5) is 1.16. The zero-order valence-electron chi connectivity index (χ0n) is 12.7. The van der Waals surface area contributed by atoms with E-state index in [-0.39, 0.29) is 13.2 Å². The highest BCUT2D eigenvalue weighted by atomic mass is 19.4. The maximum absolute atomic E-state index is 12.6. The first-order valence-electron chi connectivity index (χ1n) is 6.98. The van der Waals surface area contributed by atoms with Gasteiger partial charge in [-0.1, -0.05) is 26.0 Å². The van der Waals surface area contributed by atoms with Crippen LogP contribution >= 0.6 is 0 Å². The van der Waals surface area contributed by atoms with E-state index in [1.807, 2.05) is 26.0 Å². The highest BCUT2D eigenvalue weighted by molar-refractivity contribution is 5.54. The summed E-state index contributed by atoms with van der Waals surface area (Å²) in [5, 5.41) is 12.2. The van der Waals surface area contributed by atoms with Crippen LogP contribution in [0.2, 0.25) is 0 Å². The minimum Gasteiger partial charge on any atom is -0.395 e. The smallest absolute Gasteiger partial charge is 0.395 e. The van der Waals surface area contributed by atoms with E-state index in [0.717, 1.165) is 16.0 Å². The second kappa shape index (κ2) is 7.66. The van der Waals surface area contributed by atoms with Gasteiger partial charge in [0, 0.05) is 24.8 Å². The second-order valence-electron chi connectivity index (χ2n) is 5.42. The van der Waals surface area contributed by atoms with Gasteiger partial charge in [0.1, 0.15) is 6.54 Å². The largest absolute Gasteiger partial charge is 0.405 e. The number of nitrogens with zero attached hydrogens (tertiary/aromatic N) is 1. The summed E-state index contributed by atoms with van der Waals surface area (Å²) in [7, 11) is 0. The van der Waals surface area contributed by atoms with Gasteiger partial charge in [-0.15, -0.1) is 0 Å². The molecule has 0 spiro atoms. The zero-order chi connectivity index (χ0) is 16.0. The van der Waals surface area contributed by atoms with E-state index in [4.69, 9.17) is 5.11 Å². The first kappa shape index (κ1) is 17.8. The molecule has 21 heavy (non-hydrogen) atoms. The highest BCUT2D eigenvalue weighted by Gasteiger charge is 2.31. The lowest BCUT2D eigenvalue weighted by Gasteiger charge is -2.27. The molecule has 0 unspecified atom stereocenters. The van der Waals surface area contributed by atoms with Crippen molar-refractivity contribution in [1.29, 1.82) is 0 Å². The molecule has 1 aromatic rings. The summed E-state index contributed by atoms with van der Waals surface area (Å²) in [5.74, 6) is 0. The Balaban J connectivity index is 2.89. The molecule has 2 N–H and O–H groups in total. The number of rotatable bonds is 7. The molecule has 0 amide bonds. The van der Waals surface area contributed by atoms with Gasteiger partial charge < -0.3 is 15.3 Å². The fraction of sp³-hybridized carbons (Fsp3) is 0.600. The van der Waals surface area contributed by atoms with E-state index in [1.54, 1.807) is 13.0 Å². The normalized spacial score (nSPS) is 12.0. The number of benzene rings is 1. The van der Waals surface area contributed by atoms with Crippen LogP contribution in [0.5, 0.6) is 0 Å². The molecule has 0 aromatic heterocycles. The molecule has 120 valence electrons. The van der Waals surface area contributed by atoms with Crippen molar-refractivity contribution >= 4 is 5.69 Å². The average molecular weight is 304 g/mol. The van der Waals surface area contributed by atoms with Crippen LogP contribution in [-0.4, -0.2) is 37.0 Å². The second-order valence-corrected chi connectivity index (χ2v) is 5.42. The Labute approximate surface area is 123 Å². The number of aryl methyl sites for hydroxylation is 1. The van der Waals surface area contributed by atoms with Gasteiger partial charge in [-0.2, -0.15) is 13.2 Å². The predicted octanol–water partition coefficient (Wildman–Crippen LogP) is 2.85. The summed E-state index contributed by atoms with van der Waals surface area (Å²) in [6, 6.07) is 5.74. The molecule has 0 aliphatic heterocycles. The molecule has 0 aliphatic rings. The van der Waals surface area contributed by atoms with Crippen LogP contribution in [-0.2, 0) is 6.54 Å². The Kier molecular flexibility index (Phi) is 6.48. The Hall–Kier alpha value is -1.27. The number of hydrogen-bond acceptors (Lipinski definition) is 3. The summed E-state index contributed by atoms with van der Waals surface area (Å²) in [5.41, 5.74) is 2.31. The number of aliphatic hydroxyl groups is 1. The van der Waals surface area contributed by atoms with Crippen molar-refractivity contribution in [3.63, 3.8) is 0 Å². The fourth-order valence-corrected chi connectivity index (χ4v) is 2.13. The van der Waals surface area contributed by atoms with Crippen LogP contribution in [0.4, 0.5) is 18.9 Å². The number of alkyl halides is 3. The monoisotopic (exact) mass is 304 g/mol. The predicted molar refractivity (Wildman–Crippen MR) is 78.5 cm³/mol. The van der Waals surface area contributed by atoms with Gasteiger partial charge in [0.15, 0.2) is 0 Å². The molecule has 0 heterocycles. The third kappa shape index (κ3) is 6.35. The van der Waals surface area contributed by atoms with Crippen LogP contribution in [0.25, 0.3) is 0 Å². The van der Waals surface area contributed by atoms with E-state index in [9.17, 15) is 13.2 Å². The van der Waals surface area contributed by atoms with Crippen molar-refractivity contribution in [1.82, 2.24) is 5.32 Å². The van der Waals surface area contributed by atoms with Crippen LogP contribution in [0, 0.1) is 6.92 Å². The Morgan fingerprint density at radius 2 is 1.95 bits per heavy atom. The molecule has 0 radical (unpaired) electrons. The maximum atomic E-state index is 12.6. The fourth-order valence-electron chi connectivity index (χ4n) is 2.13. The number of anilines is 1. The van der Waals surface area contributed by atoms with E-state index in [1.165, 1.54) is 0 Å². The summed E-state index contributed by atoms with van der Waals surface area (Å²) < 4.78 is 37.8. The van der Waals surface area contributed by atoms with Gasteiger partial charge in [0.25, 0.3) is 0 Å². The number of aliphatic hydroxyl groups excluding tert-OH is 1. The minimum absolute atomic E-state index is 0.0378. The minimum atomic E-state index is -4.29. The van der Waals surface area contributed by atoms with Crippen molar-refractivity contribution in [2.24, 2.45) is 0 Å². The van der Waals surface area contributed by atoms with Crippen LogP contribution in [0.1, 0.15) is 25.0 Å². The molecule has 0 saturated heterocycles. The molecule has 0 atom stereocenters. The summed E-state index contributed by atoms with van der Waals surface area (Å²) in [6.07, 6.45) is -4.29. The molecular weight excluding hydrogens is 281 g/mol. The van der Waals surface area contributed by atoms with Crippen molar-refractivity contribution in [3.05, 3.63) is 29.3 Å². The molecule has 6 heteroatoms. The Morgan fingerprint density at radius 3 is 2.43 bits per heavy atom. The third-order valence-electron chi connectivity index (χ3n) is 3.06. The molecule has 0 bridgehead atoms. The van der Waals surface area contributed by atoms with Crippen molar-refractivity contribution in [2.75, 3.05) is 24.6 Å². The summed E-state index contributed by atoms with van der Waals surface area (Å²) in [6.45, 7) is 5.13. The Morgan fingerprint density at radius 1 is 1.29 bits per heavy atom. The van der Waals surface area contributed by atoms with Gasteiger partial charge in [-0.25, -0.2) is 0 Å². The molecular formula is C15H23F3N2O. The van der Waals surface area contributed by atoms with E-state index >= 15 is 0 Å². The number of hydrogen-bond donors (Lipinski definition) is 2. The Bertz CT molecular complexity index is 447. The van der Waals surface area contributed by atoms with E-state index in [0.29, 0.717) is 18.3 Å². The average Bonchev–Trinajstić information content (AvgIpc) is 2.34. The SMILES string of the molecule is Cc1cc(CNC(C)C)ccc1N(CCO)CC(F)(F)F. The first-order valence-corrected chi connectivity index (χ1v) is 6.98. The zero-order valence-corrected chi connectivity index (χ0v) is 12.7. The van der Waals surface area contributed by atoms with Gasteiger partial charge in [0.05, 0.1) is 6.61 Å². The van der Waals surface area contributed by atoms with Crippen molar-refractivity contribution in [3.8, 4) is 0 Å². The molecule has 0 fully saturated rings. The van der Waals surface area contributed by atoms with Gasteiger partial charge in [-0.3, -0.25) is 0 Å². The van der Waals surface area contributed by atoms with Crippen molar-refractivity contribution in [2.45, 2.75) is 39.5 Å². The highest BCUT2D eigenvalue weighted by Crippen LogP contribution is 2.25. The molecule has 1 aromatic carbocycles. The van der Waals surface area contributed by atoms with E-state index < -0.39 is 12.7 Å². The molecule has 1 rings (SSSR count). The molecule has 0 aliphatic carbocycles. The summed E-state index contributed by atoms with van der Waals surface area (Å²) >= 11 is 0. The first-order chi connectivity index (χ1) is 9.73. The molecule has 0 saturated carbocycles. The van der Waals surface area contributed by atoms with Gasteiger partial charge in [-0.05, 0) is 24.1 Å². The molecule has 3 nitrogen and oxygen atoms in total. The van der Waals surface area contributed by atoms with Crippen LogP contribution in [0.15, 0.2) is 18.2 Å². The van der Waals surface area contributed by atoms with E-state index in [2.05, 4.69) is 5.32 Å². The van der Waals surface area contributed by atoms with Gasteiger partial charge >= 0.3 is 6.18 Å². The van der Waals surface area contributed by atoms with Crippen LogP contribution in [0.3, 0.4) is 0 Å². The standard InChI is InChI=1S/C15H23F3N2O/c1-11(2)19-9-13-4-5-14(12(3)8-13)20(6-7-21)10-15(16,17)18/h4-5,8,11,19,21H,6-7,9-10H2,1-3H3. The third-order valence-corrected chi connectivity index (χ3v) is 3.06. The lowest BCUT2D eigenvalue weighted by Crippen LogP contribution is -2.36. The lowest BCUT2D eigenvalue weighted by atomic mass is 10.1.